The molecule has 3 rings (SSSR count). The second kappa shape index (κ2) is 11.5. The van der Waals surface area contributed by atoms with E-state index in [-0.39, 0.29) is 5.91 Å². The Kier molecular flexibility index (Phi) is 8.91. The number of hydrogen-bond acceptors (Lipinski definition) is 4. The molecule has 0 saturated carbocycles. The van der Waals surface area contributed by atoms with Gasteiger partial charge in [0.25, 0.3) is 0 Å². The molecule has 5 nitrogen and oxygen atoms in total. The number of likely N-dealkylation sites (N-methyl/N-ethyl adjacent to an activating group) is 1. The van der Waals surface area contributed by atoms with E-state index in [1.807, 2.05) is 0 Å². The number of benzene rings is 2. The summed E-state index contributed by atoms with van der Waals surface area (Å²) in [4.78, 5) is 20.9. The molecule has 5 heteroatoms. The highest BCUT2D eigenvalue weighted by Gasteiger charge is 2.41. The lowest BCUT2D eigenvalue weighted by Crippen LogP contribution is -2.56. The number of amides is 1. The summed E-state index contributed by atoms with van der Waals surface area (Å²) in [7, 11) is 4.21. The predicted octanol–water partition coefficient (Wildman–Crippen LogP) is 3.36. The molecule has 34 heavy (non-hydrogen) atoms. The van der Waals surface area contributed by atoms with Crippen LogP contribution in [0.1, 0.15) is 33.4 Å². The first-order chi connectivity index (χ1) is 16.1. The fourth-order valence-corrected chi connectivity index (χ4v) is 5.42. The predicted molar refractivity (Wildman–Crippen MR) is 142 cm³/mol. The van der Waals surface area contributed by atoms with Gasteiger partial charge in [-0.05, 0) is 65.8 Å². The van der Waals surface area contributed by atoms with Gasteiger partial charge in [-0.25, -0.2) is 0 Å². The molecule has 0 radical (unpaired) electrons. The topological polar surface area (TPSA) is 52.8 Å². The molecule has 1 fully saturated rings. The van der Waals surface area contributed by atoms with Gasteiger partial charge in [0, 0.05) is 45.8 Å². The molecule has 0 aromatic heterocycles. The van der Waals surface area contributed by atoms with Crippen molar-refractivity contribution in [1.82, 2.24) is 14.7 Å². The van der Waals surface area contributed by atoms with Crippen molar-refractivity contribution < 1.29 is 4.79 Å². The molecule has 1 saturated heterocycles. The van der Waals surface area contributed by atoms with Crippen molar-refractivity contribution in [3.8, 4) is 0 Å². The molecule has 1 aliphatic rings. The summed E-state index contributed by atoms with van der Waals surface area (Å²) in [6, 6.07) is 13.2. The lowest BCUT2D eigenvalue weighted by molar-refractivity contribution is -0.143. The van der Waals surface area contributed by atoms with Crippen LogP contribution < -0.4 is 5.73 Å². The summed E-state index contributed by atoms with van der Waals surface area (Å²) < 4.78 is 0. The van der Waals surface area contributed by atoms with Crippen LogP contribution in [0.25, 0.3) is 0 Å². The Labute approximate surface area is 206 Å². The average Bonchev–Trinajstić information content (AvgIpc) is 2.75. The Balaban J connectivity index is 1.87. The summed E-state index contributed by atoms with van der Waals surface area (Å²) in [5.74, 6) is 0.209. The third kappa shape index (κ3) is 6.91. The second-order valence-electron chi connectivity index (χ2n) is 10.8. The highest BCUT2D eigenvalue weighted by atomic mass is 16.2. The van der Waals surface area contributed by atoms with Crippen molar-refractivity contribution in [1.29, 1.82) is 0 Å². The minimum Gasteiger partial charge on any atom is -0.340 e. The van der Waals surface area contributed by atoms with Gasteiger partial charge in [0.15, 0.2) is 0 Å². The first kappa shape index (κ1) is 26.4. The van der Waals surface area contributed by atoms with Crippen LogP contribution in [0.2, 0.25) is 0 Å². The van der Waals surface area contributed by atoms with Gasteiger partial charge in [0.05, 0.1) is 5.41 Å². The number of piperazine rings is 1. The van der Waals surface area contributed by atoms with E-state index >= 15 is 0 Å². The molecule has 2 aromatic carbocycles. The SMILES string of the molecule is Cc1cc(C)cc(CC(CN)(Cc2cc(C)cc(C)c2)C(=O)N2CCN(CCN(C)C)CC2)c1. The van der Waals surface area contributed by atoms with E-state index in [1.54, 1.807) is 0 Å². The van der Waals surface area contributed by atoms with Gasteiger partial charge in [-0.3, -0.25) is 9.69 Å². The lowest BCUT2D eigenvalue weighted by Gasteiger charge is -2.41. The van der Waals surface area contributed by atoms with Gasteiger partial charge >= 0.3 is 0 Å². The third-order valence-electron chi connectivity index (χ3n) is 7.02. The standard InChI is InChI=1S/C29H44N4O/c1-22-13-23(2)16-26(15-22)19-29(21-30,20-27-17-24(3)14-25(4)18-27)28(34)33-11-9-32(10-12-33)8-7-31(5)6/h13-18H,7-12,19-21,30H2,1-6H3. The van der Waals surface area contributed by atoms with E-state index in [1.165, 1.54) is 33.4 Å². The molecule has 2 aromatic rings. The number of aryl methyl sites for hydroxylation is 4. The Morgan fingerprint density at radius 1 is 0.824 bits per heavy atom. The van der Waals surface area contributed by atoms with Gasteiger partial charge in [0.1, 0.15) is 0 Å². The number of carbonyl (C=O) groups is 1. The molecule has 1 amide bonds. The van der Waals surface area contributed by atoms with Crippen molar-refractivity contribution in [3.05, 3.63) is 69.8 Å². The Bertz CT molecular complexity index is 882. The van der Waals surface area contributed by atoms with Crippen LogP contribution in [-0.2, 0) is 17.6 Å². The molecule has 0 atom stereocenters. The summed E-state index contributed by atoms with van der Waals surface area (Å²) in [5, 5.41) is 0. The van der Waals surface area contributed by atoms with Crippen molar-refractivity contribution >= 4 is 5.91 Å². The Hall–Kier alpha value is -2.21. The van der Waals surface area contributed by atoms with Gasteiger partial charge in [-0.15, -0.1) is 0 Å². The van der Waals surface area contributed by atoms with Gasteiger partial charge < -0.3 is 15.5 Å². The Morgan fingerprint density at radius 2 is 1.26 bits per heavy atom. The summed E-state index contributed by atoms with van der Waals surface area (Å²) in [6.45, 7) is 14.3. The van der Waals surface area contributed by atoms with Crippen molar-refractivity contribution in [2.75, 3.05) is 59.9 Å². The van der Waals surface area contributed by atoms with E-state index < -0.39 is 5.41 Å². The molecule has 1 aliphatic heterocycles. The smallest absolute Gasteiger partial charge is 0.230 e. The van der Waals surface area contributed by atoms with Crippen LogP contribution in [0, 0.1) is 33.1 Å². The van der Waals surface area contributed by atoms with Crippen molar-refractivity contribution in [2.45, 2.75) is 40.5 Å². The summed E-state index contributed by atoms with van der Waals surface area (Å²) in [5.41, 5.74) is 13.2. The van der Waals surface area contributed by atoms with Gasteiger partial charge in [0.2, 0.25) is 5.91 Å². The molecule has 0 aliphatic carbocycles. The molecular formula is C29H44N4O. The van der Waals surface area contributed by atoms with E-state index in [9.17, 15) is 4.79 Å². The number of nitrogens with zero attached hydrogens (tertiary/aromatic N) is 3. The number of hydrogen-bond donors (Lipinski definition) is 1. The maximum atomic E-state index is 14.2. The van der Waals surface area contributed by atoms with Crippen LogP contribution in [0.15, 0.2) is 36.4 Å². The van der Waals surface area contributed by atoms with E-state index in [2.05, 4.69) is 92.9 Å². The Morgan fingerprint density at radius 3 is 1.65 bits per heavy atom. The molecule has 0 spiro atoms. The first-order valence-corrected chi connectivity index (χ1v) is 12.6. The fourth-order valence-electron chi connectivity index (χ4n) is 5.42. The first-order valence-electron chi connectivity index (χ1n) is 12.6. The quantitative estimate of drug-likeness (QED) is 0.618. The van der Waals surface area contributed by atoms with Crippen molar-refractivity contribution in [2.24, 2.45) is 11.1 Å². The zero-order valence-electron chi connectivity index (χ0n) is 22.2. The van der Waals surface area contributed by atoms with Crippen LogP contribution in [0.5, 0.6) is 0 Å². The third-order valence-corrected chi connectivity index (χ3v) is 7.02. The maximum Gasteiger partial charge on any atom is 0.230 e. The number of rotatable bonds is 9. The largest absolute Gasteiger partial charge is 0.340 e. The molecular weight excluding hydrogens is 420 g/mol. The molecule has 186 valence electrons. The minimum absolute atomic E-state index is 0.209. The van der Waals surface area contributed by atoms with E-state index in [4.69, 9.17) is 5.73 Å². The highest BCUT2D eigenvalue weighted by molar-refractivity contribution is 5.84. The van der Waals surface area contributed by atoms with E-state index in [0.29, 0.717) is 19.4 Å². The summed E-state index contributed by atoms with van der Waals surface area (Å²) >= 11 is 0. The van der Waals surface area contributed by atoms with Crippen molar-refractivity contribution in [3.63, 3.8) is 0 Å². The van der Waals surface area contributed by atoms with Crippen LogP contribution in [-0.4, -0.2) is 80.5 Å². The lowest BCUT2D eigenvalue weighted by atomic mass is 9.74. The molecule has 2 N–H and O–H groups in total. The number of carbonyl (C=O) groups excluding carboxylic acids is 1. The zero-order chi connectivity index (χ0) is 24.9. The average molecular weight is 465 g/mol. The van der Waals surface area contributed by atoms with Gasteiger partial charge in [-0.1, -0.05) is 58.7 Å². The highest BCUT2D eigenvalue weighted by Crippen LogP contribution is 2.32. The monoisotopic (exact) mass is 464 g/mol. The summed E-state index contributed by atoms with van der Waals surface area (Å²) in [6.07, 6.45) is 1.33. The zero-order valence-corrected chi connectivity index (χ0v) is 22.2. The van der Waals surface area contributed by atoms with Crippen LogP contribution >= 0.6 is 0 Å². The maximum absolute atomic E-state index is 14.2. The molecule has 1 heterocycles. The fraction of sp³-hybridized carbons (Fsp3) is 0.552. The molecule has 0 bridgehead atoms. The van der Waals surface area contributed by atoms with E-state index in [0.717, 1.165) is 39.3 Å². The normalized spacial score (nSPS) is 15.2. The minimum atomic E-state index is -0.647. The number of nitrogens with two attached hydrogens (primary N) is 1. The van der Waals surface area contributed by atoms with Crippen LogP contribution in [0.3, 0.4) is 0 Å². The van der Waals surface area contributed by atoms with Crippen LogP contribution in [0.4, 0.5) is 0 Å². The second-order valence-corrected chi connectivity index (χ2v) is 10.8. The molecule has 0 unspecified atom stereocenters. The van der Waals surface area contributed by atoms with Gasteiger partial charge in [-0.2, -0.15) is 0 Å².